The second kappa shape index (κ2) is 25.7. The maximum atomic E-state index is 15.4. The Hall–Kier alpha value is -10.3. The van der Waals surface area contributed by atoms with Gasteiger partial charge in [0.2, 0.25) is 0 Å². The maximum Gasteiger partial charge on any atom is 0.677 e. The monoisotopic (exact) mass is 1360 g/mol. The number of aromatic nitrogens is 1. The van der Waals surface area contributed by atoms with Crippen molar-refractivity contribution in [2.24, 2.45) is 4.99 Å². The predicted molar refractivity (Wildman–Crippen MR) is 332 cm³/mol. The summed E-state index contributed by atoms with van der Waals surface area (Å²) < 4.78 is 229. The first-order valence-electron chi connectivity index (χ1n) is 29.4. The van der Waals surface area contributed by atoms with E-state index in [4.69, 9.17) is 23.9 Å². The van der Waals surface area contributed by atoms with Crippen molar-refractivity contribution in [1.82, 2.24) is 4.48 Å². The van der Waals surface area contributed by atoms with Crippen LogP contribution in [0.15, 0.2) is 131 Å². The Morgan fingerprint density at radius 1 is 0.629 bits per heavy atom. The summed E-state index contributed by atoms with van der Waals surface area (Å²) >= 11 is 0. The van der Waals surface area contributed by atoms with Crippen LogP contribution in [0.2, 0.25) is 0 Å². The first-order valence-corrected chi connectivity index (χ1v) is 29.4. The number of hydrogen-bond donors (Lipinski definition) is 0. The Labute approximate surface area is 543 Å². The Morgan fingerprint density at radius 3 is 1.67 bits per heavy atom. The van der Waals surface area contributed by atoms with Gasteiger partial charge < -0.3 is 28.3 Å². The van der Waals surface area contributed by atoms with E-state index in [2.05, 4.69) is 0 Å². The van der Waals surface area contributed by atoms with E-state index in [0.29, 0.717) is 45.4 Å². The molecule has 0 spiro atoms. The summed E-state index contributed by atoms with van der Waals surface area (Å²) in [5.74, 6) is -4.43. The van der Waals surface area contributed by atoms with E-state index >= 15 is 13.4 Å². The summed E-state index contributed by atoms with van der Waals surface area (Å²) in [7, 11) is -2.02. The molecule has 0 aliphatic carbocycles. The lowest BCUT2D eigenvalue weighted by atomic mass is 9.81. The van der Waals surface area contributed by atoms with Crippen LogP contribution >= 0.6 is 0 Å². The number of benzene rings is 7. The average Bonchev–Trinajstić information content (AvgIpc) is 1.20. The van der Waals surface area contributed by atoms with Crippen LogP contribution in [0.4, 0.5) is 67.0 Å². The minimum atomic E-state index is -5.44. The molecule has 0 saturated heterocycles. The van der Waals surface area contributed by atoms with Crippen molar-refractivity contribution < 1.29 is 104 Å². The van der Waals surface area contributed by atoms with Gasteiger partial charge in [0, 0.05) is 68.3 Å². The fourth-order valence-electron chi connectivity index (χ4n) is 12.4. The molecule has 97 heavy (non-hydrogen) atoms. The molecule has 1 amide bonds. The number of hydrogen-bond acceptors (Lipinski definition) is 10. The first-order chi connectivity index (χ1) is 45.4. The number of aldehydes is 1. The van der Waals surface area contributed by atoms with Crippen molar-refractivity contribution in [3.63, 3.8) is 0 Å². The van der Waals surface area contributed by atoms with Crippen molar-refractivity contribution in [2.45, 2.75) is 86.5 Å². The van der Waals surface area contributed by atoms with Gasteiger partial charge in [0.05, 0.1) is 64.4 Å². The van der Waals surface area contributed by atoms with Gasteiger partial charge in [0.15, 0.2) is 6.29 Å². The molecule has 502 valence electrons. The molecular formula is C70H52BF14N3O9. The van der Waals surface area contributed by atoms with Crippen molar-refractivity contribution in [3.05, 3.63) is 204 Å². The number of anilines is 1. The van der Waals surface area contributed by atoms with Gasteiger partial charge in [0.1, 0.15) is 17.2 Å². The summed E-state index contributed by atoms with van der Waals surface area (Å²) in [6, 6.07) is 16.4. The lowest BCUT2D eigenvalue weighted by Crippen LogP contribution is -2.27. The molecule has 0 N–H and O–H groups in total. The zero-order chi connectivity index (χ0) is 71.0. The summed E-state index contributed by atoms with van der Waals surface area (Å²) in [4.78, 5) is 74.9. The van der Waals surface area contributed by atoms with Crippen molar-refractivity contribution in [2.75, 3.05) is 25.2 Å². The Morgan fingerprint density at radius 2 is 1.15 bits per heavy atom. The molecule has 10 rings (SSSR count). The van der Waals surface area contributed by atoms with Crippen LogP contribution in [0.1, 0.15) is 120 Å². The van der Waals surface area contributed by atoms with Crippen molar-refractivity contribution in [3.8, 4) is 50.6 Å². The first kappa shape index (κ1) is 69.5. The molecular weight excluding hydrogens is 1300 g/mol. The number of carbonyl (C=O) groups is 5. The normalized spacial score (nSPS) is 13.7. The van der Waals surface area contributed by atoms with Gasteiger partial charge in [-0.25, -0.2) is 9.59 Å². The van der Waals surface area contributed by atoms with Crippen LogP contribution < -0.4 is 14.4 Å². The number of alkyl halides is 12. The van der Waals surface area contributed by atoms with E-state index in [1.807, 2.05) is 0 Å². The largest absolute Gasteiger partial charge is 0.677 e. The molecule has 0 unspecified atom stereocenters. The summed E-state index contributed by atoms with van der Waals surface area (Å²) in [6.45, 7) is 12.3. The molecule has 1 aromatic heterocycles. The van der Waals surface area contributed by atoms with E-state index < -0.39 is 134 Å². The molecule has 12 nitrogen and oxygen atoms in total. The molecule has 7 aromatic carbocycles. The zero-order valence-corrected chi connectivity index (χ0v) is 52.5. The number of carbonyl (C=O) groups excluding carboxylic acids is 5. The summed E-state index contributed by atoms with van der Waals surface area (Å²) in [5, 5.41) is -0.897. The lowest BCUT2D eigenvalue weighted by molar-refractivity contribution is -0.144. The van der Waals surface area contributed by atoms with Gasteiger partial charge in [0.25, 0.3) is 5.91 Å². The molecule has 27 heteroatoms. The number of esters is 3. The third kappa shape index (κ3) is 13.0. The summed E-state index contributed by atoms with van der Waals surface area (Å²) in [6.07, 6.45) is -22.0. The van der Waals surface area contributed by atoms with Crippen LogP contribution in [0.5, 0.6) is 17.2 Å². The number of amides is 1. The minimum absolute atomic E-state index is 0.00644. The minimum Gasteiger partial charge on any atom is -0.462 e. The van der Waals surface area contributed by atoms with Gasteiger partial charge in [-0.1, -0.05) is 30.3 Å². The number of allylic oxidation sites excluding steroid dienone is 1. The number of aliphatic imine (C=N–C) groups is 1. The topological polar surface area (TPSA) is 143 Å². The molecule has 0 bridgehead atoms. The highest BCUT2D eigenvalue weighted by Gasteiger charge is 2.42. The van der Waals surface area contributed by atoms with Crippen LogP contribution in [0.25, 0.3) is 49.7 Å². The number of fused-ring (bicyclic) bond motifs is 2. The van der Waals surface area contributed by atoms with Crippen molar-refractivity contribution >= 4 is 65.2 Å². The van der Waals surface area contributed by atoms with Crippen LogP contribution in [-0.4, -0.2) is 68.0 Å². The average molecular weight is 1360 g/mol. The van der Waals surface area contributed by atoms with Crippen LogP contribution in [0.3, 0.4) is 0 Å². The third-order valence-electron chi connectivity index (χ3n) is 16.6. The Balaban J connectivity index is 1.06. The van der Waals surface area contributed by atoms with Gasteiger partial charge in [-0.05, 0) is 184 Å². The van der Waals surface area contributed by atoms with Gasteiger partial charge in [-0.3, -0.25) is 28.0 Å². The molecule has 0 atom stereocenters. The number of rotatable bonds is 15. The van der Waals surface area contributed by atoms with Crippen LogP contribution in [0, 0.1) is 27.7 Å². The smallest absolute Gasteiger partial charge is 0.462 e. The van der Waals surface area contributed by atoms with Crippen molar-refractivity contribution in [1.29, 1.82) is 0 Å². The number of para-hydroxylation sites is 1. The fraction of sp³-hybridized carbons (Fsp3) is 0.229. The molecule has 0 fully saturated rings. The van der Waals surface area contributed by atoms with Gasteiger partial charge >= 0.3 is 50.0 Å². The standard InChI is InChI=1S/C70H52BF14N3O9/c1-10-94-65(92)55-34(5)61(86-36(55)7)60(62-35(6)56(66(93)95-11-2)37(8)88(62)71(84)85)54-32(3)20-47(21-33(54)4)96-53(90)22-38-16-18-46(19-17-38)87(9)64(91)51-30-50(40-25-44(69(78,79)80)29-45(26-40)70(81,82)83)63-59-57(51)41(31-89)27-49(58(59)48-14-12-13-15-52(48)97-63)39-23-42(67(72,73)74)28-43(24-39)68(75,76)77/h12-21,23-31H,10-11,22H2,1-9H3/b61-60-. The van der Waals surface area contributed by atoms with E-state index in [1.54, 1.807) is 41.5 Å². The summed E-state index contributed by atoms with van der Waals surface area (Å²) in [5.41, 5.74) is -9.82. The molecule has 0 radical (unpaired) electrons. The molecule has 8 aromatic rings. The number of nitrogens with zero attached hydrogens (tertiary/aromatic N) is 3. The van der Waals surface area contributed by atoms with E-state index in [0.717, 1.165) is 17.0 Å². The fourth-order valence-corrected chi connectivity index (χ4v) is 12.4. The quantitative estimate of drug-likeness (QED) is 0.0322. The third-order valence-corrected chi connectivity index (χ3v) is 16.6. The molecule has 2 aliphatic rings. The molecule has 2 aliphatic heterocycles. The lowest BCUT2D eigenvalue weighted by Gasteiger charge is -2.29. The molecule has 0 saturated carbocycles. The van der Waals surface area contributed by atoms with E-state index in [9.17, 15) is 71.9 Å². The highest BCUT2D eigenvalue weighted by molar-refractivity contribution is 6.42. The second-order valence-electron chi connectivity index (χ2n) is 22.8. The van der Waals surface area contributed by atoms with E-state index in [1.165, 1.54) is 81.6 Å². The van der Waals surface area contributed by atoms with Gasteiger partial charge in [-0.15, -0.1) is 0 Å². The predicted octanol–water partition coefficient (Wildman–Crippen LogP) is 18.4. The second-order valence-corrected chi connectivity index (χ2v) is 22.8. The highest BCUT2D eigenvalue weighted by Crippen LogP contribution is 2.57. The number of ether oxygens (including phenoxy) is 4. The maximum absolute atomic E-state index is 15.4. The van der Waals surface area contributed by atoms with Crippen LogP contribution in [-0.2, 0) is 50.2 Å². The highest BCUT2D eigenvalue weighted by atomic mass is 19.4. The van der Waals surface area contributed by atoms with E-state index in [-0.39, 0.29) is 116 Å². The Kier molecular flexibility index (Phi) is 18.4. The van der Waals surface area contributed by atoms with Gasteiger partial charge in [-0.2, -0.15) is 52.7 Å². The molecule has 3 heterocycles. The zero-order valence-electron chi connectivity index (χ0n) is 52.5. The number of halogens is 14. The SMILES string of the molecule is CCOC(=O)C1=C(C)/C(=C(\c2c(C)cc(OC(=O)Cc3ccc(N(C)C(=O)c4cc(-c5cc(C(F)(F)F)cc(C(F)(F)F)c5)c5c6c(c(-c7cc(C(F)(F)F)cc(C(F)(F)F)c7)cc(C=O)c46)-c4ccccc4O5)cc3)cc2C)c2c(C)c(C(=O)OCC)c(C)n2B(F)F)N=C1C. The Bertz CT molecular complexity index is 4660. The number of aryl methyl sites for hydroxylation is 2.